The normalized spacial score (nSPS) is 10.3. The molecule has 0 aliphatic carbocycles. The lowest BCUT2D eigenvalue weighted by Crippen LogP contribution is -2.14. The number of hydrogen-bond acceptors (Lipinski definition) is 5. The van der Waals surface area contributed by atoms with E-state index in [9.17, 15) is 14.4 Å². The van der Waals surface area contributed by atoms with Gasteiger partial charge >= 0.3 is 5.97 Å². The largest absolute Gasteiger partial charge is 0.493 e. The maximum Gasteiger partial charge on any atom is 0.308 e. The fourth-order valence-electron chi connectivity index (χ4n) is 3.36. The molecule has 0 fully saturated rings. The van der Waals surface area contributed by atoms with Crippen LogP contribution in [0.4, 0.5) is 11.4 Å². The van der Waals surface area contributed by atoms with Gasteiger partial charge in [0, 0.05) is 30.3 Å². The second-order valence-electron chi connectivity index (χ2n) is 7.87. The van der Waals surface area contributed by atoms with Crippen molar-refractivity contribution in [2.75, 3.05) is 17.2 Å². The minimum Gasteiger partial charge on any atom is -0.493 e. The maximum atomic E-state index is 12.5. The first-order valence-corrected chi connectivity index (χ1v) is 11.0. The fourth-order valence-corrected chi connectivity index (χ4v) is 3.36. The van der Waals surface area contributed by atoms with Crippen LogP contribution in [0.3, 0.4) is 0 Å². The Hall–Kier alpha value is -4.13. The van der Waals surface area contributed by atoms with Gasteiger partial charge in [-0.15, -0.1) is 0 Å². The van der Waals surface area contributed by atoms with Crippen LogP contribution in [-0.4, -0.2) is 24.4 Å². The van der Waals surface area contributed by atoms with Crippen LogP contribution in [0.15, 0.2) is 66.7 Å². The molecule has 0 radical (unpaired) electrons. The predicted molar refractivity (Wildman–Crippen MR) is 131 cm³/mol. The number of carbonyl (C=O) groups is 3. The number of para-hydroxylation sites is 1. The first-order valence-electron chi connectivity index (χ1n) is 11.0. The highest BCUT2D eigenvalue weighted by Crippen LogP contribution is 2.22. The quantitative estimate of drug-likeness (QED) is 0.257. The zero-order chi connectivity index (χ0) is 24.5. The van der Waals surface area contributed by atoms with E-state index < -0.39 is 5.97 Å². The van der Waals surface area contributed by atoms with E-state index in [-0.39, 0.29) is 11.8 Å². The maximum absolute atomic E-state index is 12.5. The number of rotatable bonds is 9. The molecule has 0 saturated heterocycles. The topological polar surface area (TPSA) is 93.7 Å². The Morgan fingerprint density at radius 2 is 1.44 bits per heavy atom. The van der Waals surface area contributed by atoms with Gasteiger partial charge in [-0.2, -0.15) is 0 Å². The minimum absolute atomic E-state index is 0.107. The van der Waals surface area contributed by atoms with Crippen molar-refractivity contribution >= 4 is 29.2 Å². The highest BCUT2D eigenvalue weighted by atomic mass is 16.5. The number of ether oxygens (including phenoxy) is 2. The van der Waals surface area contributed by atoms with E-state index in [1.54, 1.807) is 42.5 Å². The number of aryl methyl sites for hydroxylation is 2. The molecular formula is C27H28N2O5. The number of anilines is 2. The van der Waals surface area contributed by atoms with Gasteiger partial charge in [0.1, 0.15) is 11.5 Å². The molecule has 2 amide bonds. The summed E-state index contributed by atoms with van der Waals surface area (Å²) in [5.41, 5.74) is 3.72. The summed E-state index contributed by atoms with van der Waals surface area (Å²) >= 11 is 0. The summed E-state index contributed by atoms with van der Waals surface area (Å²) in [4.78, 5) is 35.8. The van der Waals surface area contributed by atoms with E-state index in [0.717, 1.165) is 16.9 Å². The molecular weight excluding hydrogens is 432 g/mol. The van der Waals surface area contributed by atoms with Crippen molar-refractivity contribution in [2.24, 2.45) is 0 Å². The van der Waals surface area contributed by atoms with E-state index in [1.165, 1.54) is 13.0 Å². The Kier molecular flexibility index (Phi) is 8.40. The lowest BCUT2D eigenvalue weighted by molar-refractivity contribution is -0.131. The summed E-state index contributed by atoms with van der Waals surface area (Å²) in [5, 5.41) is 5.62. The molecule has 0 aliphatic rings. The van der Waals surface area contributed by atoms with Gasteiger partial charge in [-0.3, -0.25) is 14.4 Å². The third kappa shape index (κ3) is 7.20. The van der Waals surface area contributed by atoms with E-state index >= 15 is 0 Å². The van der Waals surface area contributed by atoms with Gasteiger partial charge in [0.2, 0.25) is 5.91 Å². The van der Waals surface area contributed by atoms with Gasteiger partial charge in [-0.25, -0.2) is 0 Å². The zero-order valence-corrected chi connectivity index (χ0v) is 19.5. The molecule has 7 heteroatoms. The molecule has 0 bridgehead atoms. The van der Waals surface area contributed by atoms with Crippen LogP contribution in [0.25, 0.3) is 0 Å². The second kappa shape index (κ2) is 11.7. The van der Waals surface area contributed by atoms with Gasteiger partial charge in [-0.05, 0) is 73.9 Å². The Morgan fingerprint density at radius 3 is 2.09 bits per heavy atom. The molecule has 0 saturated carbocycles. The Balaban J connectivity index is 1.45. The van der Waals surface area contributed by atoms with Crippen LogP contribution in [0.1, 0.15) is 41.3 Å². The summed E-state index contributed by atoms with van der Waals surface area (Å²) in [7, 11) is 0. The van der Waals surface area contributed by atoms with Gasteiger partial charge < -0.3 is 20.1 Å². The molecule has 0 atom stereocenters. The molecule has 0 heterocycles. The molecule has 176 valence electrons. The monoisotopic (exact) mass is 460 g/mol. The van der Waals surface area contributed by atoms with E-state index in [0.29, 0.717) is 42.1 Å². The molecule has 0 unspecified atom stereocenters. The third-order valence-corrected chi connectivity index (χ3v) is 4.99. The summed E-state index contributed by atoms with van der Waals surface area (Å²) in [5.74, 6) is 0.277. The number of nitrogens with one attached hydrogen (secondary N) is 2. The smallest absolute Gasteiger partial charge is 0.308 e. The second-order valence-corrected chi connectivity index (χ2v) is 7.87. The first-order chi connectivity index (χ1) is 16.3. The van der Waals surface area contributed by atoms with Crippen molar-refractivity contribution in [3.63, 3.8) is 0 Å². The summed E-state index contributed by atoms with van der Waals surface area (Å²) in [6.45, 7) is 5.76. The zero-order valence-electron chi connectivity index (χ0n) is 19.5. The van der Waals surface area contributed by atoms with Crippen LogP contribution < -0.4 is 20.1 Å². The number of hydrogen-bond donors (Lipinski definition) is 2. The number of amides is 2. The van der Waals surface area contributed by atoms with Gasteiger partial charge in [0.05, 0.1) is 6.61 Å². The van der Waals surface area contributed by atoms with Gasteiger partial charge in [0.15, 0.2) is 0 Å². The standard InChI is InChI=1S/C27H28N2O5/c1-18-7-4-8-19(2)26(18)33-16-6-11-25(31)28-22-12-14-23(15-13-22)29-27(32)21-9-5-10-24(17-21)34-20(3)30/h4-5,7-10,12-15,17H,6,11,16H2,1-3H3,(H,28,31)(H,29,32). The first kappa shape index (κ1) is 24.5. The van der Waals surface area contributed by atoms with Gasteiger partial charge in [0.25, 0.3) is 5.91 Å². The van der Waals surface area contributed by atoms with Crippen LogP contribution in [0.2, 0.25) is 0 Å². The summed E-state index contributed by atoms with van der Waals surface area (Å²) in [6, 6.07) is 19.2. The summed E-state index contributed by atoms with van der Waals surface area (Å²) < 4.78 is 10.8. The van der Waals surface area contributed by atoms with Crippen LogP contribution in [0.5, 0.6) is 11.5 Å². The molecule has 0 aromatic heterocycles. The Bertz CT molecular complexity index is 1150. The summed E-state index contributed by atoms with van der Waals surface area (Å²) in [6.07, 6.45) is 0.933. The molecule has 7 nitrogen and oxygen atoms in total. The molecule has 3 aromatic rings. The number of esters is 1. The third-order valence-electron chi connectivity index (χ3n) is 4.99. The number of carbonyl (C=O) groups excluding carboxylic acids is 3. The molecule has 3 aromatic carbocycles. The highest BCUT2D eigenvalue weighted by molar-refractivity contribution is 6.04. The molecule has 3 rings (SSSR count). The lowest BCUT2D eigenvalue weighted by Gasteiger charge is -2.12. The van der Waals surface area contributed by atoms with Crippen molar-refractivity contribution in [1.82, 2.24) is 0 Å². The molecule has 0 spiro atoms. The molecule has 34 heavy (non-hydrogen) atoms. The minimum atomic E-state index is -0.455. The average Bonchev–Trinajstić information content (AvgIpc) is 2.79. The van der Waals surface area contributed by atoms with Crippen LogP contribution in [-0.2, 0) is 9.59 Å². The average molecular weight is 461 g/mol. The molecule has 0 aliphatic heterocycles. The van der Waals surface area contributed by atoms with Crippen molar-refractivity contribution in [3.8, 4) is 11.5 Å². The molecule has 2 N–H and O–H groups in total. The van der Waals surface area contributed by atoms with Crippen molar-refractivity contribution in [2.45, 2.75) is 33.6 Å². The SMILES string of the molecule is CC(=O)Oc1cccc(C(=O)Nc2ccc(NC(=O)CCCOc3c(C)cccc3C)cc2)c1. The van der Waals surface area contributed by atoms with E-state index in [4.69, 9.17) is 9.47 Å². The fraction of sp³-hybridized carbons (Fsp3) is 0.222. The van der Waals surface area contributed by atoms with Crippen molar-refractivity contribution in [3.05, 3.63) is 83.4 Å². The Morgan fingerprint density at radius 1 is 0.824 bits per heavy atom. The van der Waals surface area contributed by atoms with Crippen molar-refractivity contribution < 1.29 is 23.9 Å². The van der Waals surface area contributed by atoms with E-state index in [2.05, 4.69) is 10.6 Å². The van der Waals surface area contributed by atoms with Gasteiger partial charge in [-0.1, -0.05) is 24.3 Å². The van der Waals surface area contributed by atoms with Crippen LogP contribution >= 0.6 is 0 Å². The Labute approximate surface area is 199 Å². The van der Waals surface area contributed by atoms with Crippen LogP contribution in [0, 0.1) is 13.8 Å². The van der Waals surface area contributed by atoms with Crippen molar-refractivity contribution in [1.29, 1.82) is 0 Å². The number of benzene rings is 3. The lowest BCUT2D eigenvalue weighted by atomic mass is 10.1. The predicted octanol–water partition coefficient (Wildman–Crippen LogP) is 5.28. The highest BCUT2D eigenvalue weighted by Gasteiger charge is 2.09. The van der Waals surface area contributed by atoms with E-state index in [1.807, 2.05) is 32.0 Å².